The summed E-state index contributed by atoms with van der Waals surface area (Å²) >= 11 is 6.14. The van der Waals surface area contributed by atoms with Crippen molar-refractivity contribution in [2.24, 2.45) is 5.92 Å². The summed E-state index contributed by atoms with van der Waals surface area (Å²) < 4.78 is 1.78. The third kappa shape index (κ3) is 3.35. The maximum absolute atomic E-state index is 12.6. The molecule has 8 heteroatoms. The van der Waals surface area contributed by atoms with Crippen molar-refractivity contribution in [1.29, 1.82) is 0 Å². The van der Waals surface area contributed by atoms with Crippen LogP contribution in [0.15, 0.2) is 30.6 Å². The number of halogens is 1. The number of piperidine rings is 1. The molecule has 7 nitrogen and oxygen atoms in total. The van der Waals surface area contributed by atoms with Crippen LogP contribution in [0.2, 0.25) is 5.02 Å². The maximum Gasteiger partial charge on any atom is 0.254 e. The molecule has 0 atom stereocenters. The molecule has 0 unspecified atom stereocenters. The molecular weight excluding hydrogens is 364 g/mol. The van der Waals surface area contributed by atoms with E-state index in [9.17, 15) is 4.79 Å². The Bertz CT molecular complexity index is 993. The number of anilines is 2. The highest BCUT2D eigenvalue weighted by Gasteiger charge is 2.28. The molecule has 1 aliphatic heterocycles. The van der Waals surface area contributed by atoms with Gasteiger partial charge >= 0.3 is 0 Å². The molecule has 1 N–H and O–H groups in total. The fourth-order valence-electron chi connectivity index (χ4n) is 3.54. The van der Waals surface area contributed by atoms with Crippen LogP contribution in [-0.2, 0) is 4.79 Å². The molecule has 0 spiro atoms. The zero-order chi connectivity index (χ0) is 19.0. The number of amides is 1. The second-order valence-electron chi connectivity index (χ2n) is 6.85. The van der Waals surface area contributed by atoms with E-state index in [2.05, 4.69) is 32.2 Å². The van der Waals surface area contributed by atoms with E-state index < -0.39 is 0 Å². The Morgan fingerprint density at radius 1 is 1.22 bits per heavy atom. The molecule has 140 valence electrons. The van der Waals surface area contributed by atoms with E-state index in [0.29, 0.717) is 16.5 Å². The molecule has 1 saturated heterocycles. The van der Waals surface area contributed by atoms with Crippen LogP contribution >= 0.6 is 11.6 Å². The first-order valence-corrected chi connectivity index (χ1v) is 9.39. The topological polar surface area (TPSA) is 75.4 Å². The SMILES string of the molecule is Cc1nc2ncnn2c(N2CCC(C(=O)Nc3ccccc3Cl)CC2)c1C. The van der Waals surface area contributed by atoms with Gasteiger partial charge in [-0.1, -0.05) is 23.7 Å². The van der Waals surface area contributed by atoms with Crippen molar-refractivity contribution >= 4 is 34.8 Å². The minimum atomic E-state index is -0.0352. The first-order chi connectivity index (χ1) is 13.0. The maximum atomic E-state index is 12.6. The van der Waals surface area contributed by atoms with Crippen molar-refractivity contribution in [2.45, 2.75) is 26.7 Å². The molecule has 0 radical (unpaired) electrons. The Balaban J connectivity index is 1.48. The number of hydrogen-bond acceptors (Lipinski definition) is 5. The van der Waals surface area contributed by atoms with E-state index in [1.807, 2.05) is 25.1 Å². The van der Waals surface area contributed by atoms with Crippen molar-refractivity contribution in [3.63, 3.8) is 0 Å². The first-order valence-electron chi connectivity index (χ1n) is 9.02. The zero-order valence-corrected chi connectivity index (χ0v) is 16.1. The molecule has 1 amide bonds. The Morgan fingerprint density at radius 3 is 2.70 bits per heavy atom. The van der Waals surface area contributed by atoms with Gasteiger partial charge in [-0.15, -0.1) is 0 Å². The average molecular weight is 385 g/mol. The van der Waals surface area contributed by atoms with Crippen LogP contribution in [0, 0.1) is 19.8 Å². The molecule has 1 aromatic carbocycles. The van der Waals surface area contributed by atoms with E-state index in [1.165, 1.54) is 6.33 Å². The third-order valence-corrected chi connectivity index (χ3v) is 5.50. The van der Waals surface area contributed by atoms with E-state index in [4.69, 9.17) is 11.6 Å². The Labute approximate surface area is 162 Å². The second kappa shape index (κ2) is 7.15. The number of hydrogen-bond donors (Lipinski definition) is 1. The summed E-state index contributed by atoms with van der Waals surface area (Å²) in [4.78, 5) is 23.6. The summed E-state index contributed by atoms with van der Waals surface area (Å²) in [7, 11) is 0. The van der Waals surface area contributed by atoms with Crippen LogP contribution in [0.1, 0.15) is 24.1 Å². The van der Waals surface area contributed by atoms with E-state index in [0.717, 1.165) is 43.0 Å². The fourth-order valence-corrected chi connectivity index (χ4v) is 3.72. The number of aromatic nitrogens is 4. The van der Waals surface area contributed by atoms with Crippen molar-refractivity contribution in [3.05, 3.63) is 46.9 Å². The lowest BCUT2D eigenvalue weighted by atomic mass is 9.95. The number of aryl methyl sites for hydroxylation is 1. The fraction of sp³-hybridized carbons (Fsp3) is 0.368. The minimum absolute atomic E-state index is 0.0243. The Hall–Kier alpha value is -2.67. The molecule has 1 aliphatic rings. The lowest BCUT2D eigenvalue weighted by molar-refractivity contribution is -0.120. The number of carbonyl (C=O) groups excluding carboxylic acids is 1. The Kier molecular flexibility index (Phi) is 4.70. The van der Waals surface area contributed by atoms with Gasteiger partial charge < -0.3 is 10.2 Å². The van der Waals surface area contributed by atoms with Crippen LogP contribution in [0.5, 0.6) is 0 Å². The normalized spacial score (nSPS) is 15.3. The highest BCUT2D eigenvalue weighted by molar-refractivity contribution is 6.33. The molecule has 3 heterocycles. The predicted octanol–water partition coefficient (Wildman–Crippen LogP) is 3.25. The number of rotatable bonds is 3. The molecule has 4 rings (SSSR count). The van der Waals surface area contributed by atoms with Gasteiger partial charge in [-0.25, -0.2) is 4.98 Å². The molecule has 0 bridgehead atoms. The largest absolute Gasteiger partial charge is 0.356 e. The molecule has 0 saturated carbocycles. The highest BCUT2D eigenvalue weighted by atomic mass is 35.5. The van der Waals surface area contributed by atoms with E-state index in [1.54, 1.807) is 10.6 Å². The summed E-state index contributed by atoms with van der Waals surface area (Å²) in [6, 6.07) is 7.31. The molecule has 1 fully saturated rings. The average Bonchev–Trinajstić information content (AvgIpc) is 3.12. The minimum Gasteiger partial charge on any atom is -0.356 e. The van der Waals surface area contributed by atoms with Crippen LogP contribution in [0.4, 0.5) is 11.5 Å². The van der Waals surface area contributed by atoms with Crippen LogP contribution < -0.4 is 10.2 Å². The van der Waals surface area contributed by atoms with Crippen molar-refractivity contribution in [3.8, 4) is 0 Å². The van der Waals surface area contributed by atoms with Crippen LogP contribution in [-0.4, -0.2) is 38.6 Å². The van der Waals surface area contributed by atoms with Gasteiger partial charge in [0.05, 0.1) is 10.7 Å². The van der Waals surface area contributed by atoms with Gasteiger partial charge in [0.25, 0.3) is 5.78 Å². The Morgan fingerprint density at radius 2 is 1.96 bits per heavy atom. The summed E-state index contributed by atoms with van der Waals surface area (Å²) in [6.45, 7) is 5.59. The molecule has 3 aromatic rings. The number of carbonyl (C=O) groups is 1. The van der Waals surface area contributed by atoms with Gasteiger partial charge in [0.2, 0.25) is 5.91 Å². The summed E-state index contributed by atoms with van der Waals surface area (Å²) in [5, 5.41) is 7.83. The smallest absolute Gasteiger partial charge is 0.254 e. The lowest BCUT2D eigenvalue weighted by Crippen LogP contribution is -2.39. The second-order valence-corrected chi connectivity index (χ2v) is 7.26. The molecule has 0 aliphatic carbocycles. The van der Waals surface area contributed by atoms with Gasteiger partial charge in [-0.05, 0) is 38.8 Å². The number of para-hydroxylation sites is 1. The lowest BCUT2D eigenvalue weighted by Gasteiger charge is -2.33. The third-order valence-electron chi connectivity index (χ3n) is 5.17. The van der Waals surface area contributed by atoms with Crippen LogP contribution in [0.3, 0.4) is 0 Å². The first kappa shape index (κ1) is 17.7. The van der Waals surface area contributed by atoms with Gasteiger partial charge in [0.1, 0.15) is 12.1 Å². The molecule has 2 aromatic heterocycles. The van der Waals surface area contributed by atoms with Crippen LogP contribution in [0.25, 0.3) is 5.78 Å². The van der Waals surface area contributed by atoms with Gasteiger partial charge in [0.15, 0.2) is 0 Å². The van der Waals surface area contributed by atoms with Gasteiger partial charge in [-0.2, -0.15) is 14.6 Å². The van der Waals surface area contributed by atoms with Gasteiger partial charge in [-0.3, -0.25) is 4.79 Å². The standard InChI is InChI=1S/C19H21ClN6O/c1-12-13(2)23-19-21-11-22-26(19)18(12)25-9-7-14(8-10-25)17(27)24-16-6-4-3-5-15(16)20/h3-6,11,14H,7-10H2,1-2H3,(H,24,27). The summed E-state index contributed by atoms with van der Waals surface area (Å²) in [5.41, 5.74) is 2.70. The van der Waals surface area contributed by atoms with E-state index >= 15 is 0 Å². The summed E-state index contributed by atoms with van der Waals surface area (Å²) in [6.07, 6.45) is 3.06. The molecular formula is C19H21ClN6O. The van der Waals surface area contributed by atoms with Crippen molar-refractivity contribution < 1.29 is 4.79 Å². The number of nitrogens with one attached hydrogen (secondary N) is 1. The summed E-state index contributed by atoms with van der Waals surface area (Å²) in [5.74, 6) is 1.61. The number of fused-ring (bicyclic) bond motifs is 1. The quantitative estimate of drug-likeness (QED) is 0.750. The zero-order valence-electron chi connectivity index (χ0n) is 15.3. The number of nitrogens with zero attached hydrogens (tertiary/aromatic N) is 5. The predicted molar refractivity (Wildman–Crippen MR) is 105 cm³/mol. The number of benzene rings is 1. The monoisotopic (exact) mass is 384 g/mol. The van der Waals surface area contributed by atoms with Crippen molar-refractivity contribution in [2.75, 3.05) is 23.3 Å². The van der Waals surface area contributed by atoms with Crippen molar-refractivity contribution in [1.82, 2.24) is 19.6 Å². The highest BCUT2D eigenvalue weighted by Crippen LogP contribution is 2.29. The van der Waals surface area contributed by atoms with Gasteiger partial charge in [0, 0.05) is 30.3 Å². The van der Waals surface area contributed by atoms with E-state index in [-0.39, 0.29) is 11.8 Å². The molecule has 27 heavy (non-hydrogen) atoms.